The molecule has 1 amide bonds. The lowest BCUT2D eigenvalue weighted by atomic mass is 10.1. The van der Waals surface area contributed by atoms with E-state index in [1.165, 1.54) is 18.4 Å². The zero-order valence-electron chi connectivity index (χ0n) is 17.5. The highest BCUT2D eigenvalue weighted by Gasteiger charge is 2.27. The number of anilines is 1. The van der Waals surface area contributed by atoms with Gasteiger partial charge >= 0.3 is 5.97 Å². The van der Waals surface area contributed by atoms with Gasteiger partial charge < -0.3 is 19.2 Å². The average Bonchev–Trinajstić information content (AvgIpc) is 2.93. The van der Waals surface area contributed by atoms with Crippen molar-refractivity contribution in [1.29, 1.82) is 5.41 Å². The minimum absolute atomic E-state index is 0.0826. The Bertz CT molecular complexity index is 1210. The van der Waals surface area contributed by atoms with Crippen molar-refractivity contribution in [3.05, 3.63) is 51.4 Å². The molecular formula is C23H24N2O5S. The number of fused-ring (bicyclic) bond motifs is 2. The summed E-state index contributed by atoms with van der Waals surface area (Å²) in [5.41, 5.74) is 1.64. The number of carbonyl (C=O) groups is 2. The van der Waals surface area contributed by atoms with Gasteiger partial charge in [0.1, 0.15) is 10.6 Å². The van der Waals surface area contributed by atoms with E-state index in [2.05, 4.69) is 5.32 Å². The van der Waals surface area contributed by atoms with Crippen LogP contribution in [0, 0.1) is 5.41 Å². The number of para-hydroxylation sites is 1. The fourth-order valence-electron chi connectivity index (χ4n) is 3.88. The third-order valence-electron chi connectivity index (χ3n) is 5.35. The second-order valence-electron chi connectivity index (χ2n) is 7.31. The van der Waals surface area contributed by atoms with Gasteiger partial charge in [-0.3, -0.25) is 10.2 Å². The van der Waals surface area contributed by atoms with Gasteiger partial charge in [-0.1, -0.05) is 18.6 Å². The molecule has 31 heavy (non-hydrogen) atoms. The molecule has 4 rings (SSSR count). The molecule has 0 aliphatic heterocycles. The SMILES string of the molecule is CCOC(=O)c1c(NC(=O)c2cc3cccc(OC)c3oc2=N)sc2c1CCCCC2. The number of nitrogens with one attached hydrogen (secondary N) is 2. The Morgan fingerprint density at radius 3 is 2.81 bits per heavy atom. The van der Waals surface area contributed by atoms with Gasteiger partial charge in [-0.2, -0.15) is 0 Å². The summed E-state index contributed by atoms with van der Waals surface area (Å²) in [6.07, 6.45) is 4.87. The molecule has 2 N–H and O–H groups in total. The second-order valence-corrected chi connectivity index (χ2v) is 8.42. The maximum absolute atomic E-state index is 13.1. The van der Waals surface area contributed by atoms with Crippen molar-refractivity contribution in [3.63, 3.8) is 0 Å². The van der Waals surface area contributed by atoms with Crippen LogP contribution in [0.2, 0.25) is 0 Å². The van der Waals surface area contributed by atoms with Crippen LogP contribution in [0.1, 0.15) is 57.3 Å². The van der Waals surface area contributed by atoms with E-state index in [0.29, 0.717) is 27.3 Å². The van der Waals surface area contributed by atoms with Crippen LogP contribution in [0.25, 0.3) is 11.0 Å². The monoisotopic (exact) mass is 440 g/mol. The molecule has 7 nitrogen and oxygen atoms in total. The minimum Gasteiger partial charge on any atom is -0.493 e. The van der Waals surface area contributed by atoms with E-state index in [0.717, 1.165) is 42.5 Å². The highest BCUT2D eigenvalue weighted by molar-refractivity contribution is 7.17. The van der Waals surface area contributed by atoms with Crippen molar-refractivity contribution in [2.75, 3.05) is 19.0 Å². The third kappa shape index (κ3) is 4.07. The molecule has 8 heteroatoms. The van der Waals surface area contributed by atoms with Crippen molar-refractivity contribution in [2.24, 2.45) is 0 Å². The molecule has 0 bridgehead atoms. The lowest BCUT2D eigenvalue weighted by Gasteiger charge is -2.09. The number of thiophene rings is 1. The number of esters is 1. The number of ether oxygens (including phenoxy) is 2. The first-order valence-corrected chi connectivity index (χ1v) is 11.1. The van der Waals surface area contributed by atoms with E-state index in [1.807, 2.05) is 0 Å². The van der Waals surface area contributed by atoms with Crippen molar-refractivity contribution in [1.82, 2.24) is 0 Å². The van der Waals surface area contributed by atoms with Gasteiger partial charge in [-0.25, -0.2) is 4.79 Å². The Labute approximate surface area is 183 Å². The van der Waals surface area contributed by atoms with E-state index >= 15 is 0 Å². The van der Waals surface area contributed by atoms with Crippen LogP contribution < -0.4 is 15.6 Å². The molecule has 0 unspecified atom stereocenters. The molecule has 0 spiro atoms. The smallest absolute Gasteiger partial charge is 0.341 e. The molecule has 2 heterocycles. The summed E-state index contributed by atoms with van der Waals surface area (Å²) in [6.45, 7) is 2.03. The molecule has 1 aromatic carbocycles. The fourth-order valence-corrected chi connectivity index (χ4v) is 5.16. The zero-order valence-corrected chi connectivity index (χ0v) is 18.3. The zero-order chi connectivity index (χ0) is 22.0. The summed E-state index contributed by atoms with van der Waals surface area (Å²) < 4.78 is 16.1. The number of amides is 1. The lowest BCUT2D eigenvalue weighted by molar-refractivity contribution is 0.0527. The van der Waals surface area contributed by atoms with E-state index in [4.69, 9.17) is 19.3 Å². The molecule has 0 fully saturated rings. The van der Waals surface area contributed by atoms with Crippen LogP contribution in [0.5, 0.6) is 5.75 Å². The van der Waals surface area contributed by atoms with Gasteiger partial charge in [0.05, 0.1) is 19.3 Å². The summed E-state index contributed by atoms with van der Waals surface area (Å²) in [5.74, 6) is -0.429. The number of benzene rings is 1. The van der Waals surface area contributed by atoms with Crippen molar-refractivity contribution >= 4 is 39.2 Å². The average molecular weight is 441 g/mol. The highest BCUT2D eigenvalue weighted by atomic mass is 32.1. The van der Waals surface area contributed by atoms with Gasteiger partial charge in [0.2, 0.25) is 5.55 Å². The first-order valence-electron chi connectivity index (χ1n) is 10.3. The molecule has 2 aromatic heterocycles. The Balaban J connectivity index is 1.73. The van der Waals surface area contributed by atoms with E-state index in [1.54, 1.807) is 31.2 Å². The standard InChI is InChI=1S/C23H24N2O5S/c1-3-29-23(27)18-14-9-5-4-6-11-17(14)31-22(18)25-21(26)15-12-13-8-7-10-16(28-2)19(13)30-20(15)24/h7-8,10,12,24H,3-6,9,11H2,1-2H3,(H,25,26). The number of hydrogen-bond donors (Lipinski definition) is 2. The van der Waals surface area contributed by atoms with E-state index < -0.39 is 11.9 Å². The van der Waals surface area contributed by atoms with Crippen LogP contribution in [0.3, 0.4) is 0 Å². The molecule has 162 valence electrons. The molecular weight excluding hydrogens is 416 g/mol. The number of carbonyl (C=O) groups excluding carboxylic acids is 2. The summed E-state index contributed by atoms with van der Waals surface area (Å²) >= 11 is 1.42. The summed E-state index contributed by atoms with van der Waals surface area (Å²) in [4.78, 5) is 26.9. The summed E-state index contributed by atoms with van der Waals surface area (Å²) in [7, 11) is 1.52. The van der Waals surface area contributed by atoms with E-state index in [-0.39, 0.29) is 17.7 Å². The van der Waals surface area contributed by atoms with Crippen LogP contribution in [0.4, 0.5) is 5.00 Å². The molecule has 0 radical (unpaired) electrons. The van der Waals surface area contributed by atoms with Gasteiger partial charge in [-0.15, -0.1) is 11.3 Å². The molecule has 3 aromatic rings. The first-order chi connectivity index (χ1) is 15.0. The molecule has 0 saturated carbocycles. The Morgan fingerprint density at radius 1 is 1.23 bits per heavy atom. The van der Waals surface area contributed by atoms with Crippen molar-refractivity contribution < 1.29 is 23.5 Å². The van der Waals surface area contributed by atoms with Crippen LogP contribution >= 0.6 is 11.3 Å². The number of rotatable bonds is 5. The minimum atomic E-state index is -0.500. The number of aryl methyl sites for hydroxylation is 1. The second kappa shape index (κ2) is 8.93. The van der Waals surface area contributed by atoms with Crippen molar-refractivity contribution in [3.8, 4) is 5.75 Å². The number of hydrogen-bond acceptors (Lipinski definition) is 7. The van der Waals surface area contributed by atoms with Gasteiger partial charge in [0.25, 0.3) is 5.91 Å². The highest BCUT2D eigenvalue weighted by Crippen LogP contribution is 2.38. The summed E-state index contributed by atoms with van der Waals surface area (Å²) in [5, 5.41) is 12.2. The predicted octanol–water partition coefficient (Wildman–Crippen LogP) is 4.68. The topological polar surface area (TPSA) is 102 Å². The Hall–Kier alpha value is -3.13. The summed E-state index contributed by atoms with van der Waals surface area (Å²) in [6, 6.07) is 6.91. The molecule has 1 aliphatic carbocycles. The largest absolute Gasteiger partial charge is 0.493 e. The van der Waals surface area contributed by atoms with Gasteiger partial charge in [-0.05, 0) is 50.3 Å². The quantitative estimate of drug-likeness (QED) is 0.443. The number of methoxy groups -OCH3 is 1. The Morgan fingerprint density at radius 2 is 2.03 bits per heavy atom. The normalized spacial score (nSPS) is 13.4. The lowest BCUT2D eigenvalue weighted by Crippen LogP contribution is -2.21. The molecule has 0 saturated heterocycles. The van der Waals surface area contributed by atoms with Crippen LogP contribution in [-0.4, -0.2) is 25.6 Å². The maximum Gasteiger partial charge on any atom is 0.341 e. The Kier molecular flexibility index (Phi) is 6.08. The van der Waals surface area contributed by atoms with Crippen LogP contribution in [-0.2, 0) is 17.6 Å². The van der Waals surface area contributed by atoms with Crippen molar-refractivity contribution in [2.45, 2.75) is 39.0 Å². The third-order valence-corrected chi connectivity index (χ3v) is 6.56. The molecule has 0 atom stereocenters. The first kappa shape index (κ1) is 21.1. The van der Waals surface area contributed by atoms with Gasteiger partial charge in [0.15, 0.2) is 11.3 Å². The predicted molar refractivity (Wildman–Crippen MR) is 118 cm³/mol. The molecule has 1 aliphatic rings. The van der Waals surface area contributed by atoms with E-state index in [9.17, 15) is 9.59 Å². The van der Waals surface area contributed by atoms with Gasteiger partial charge in [0, 0.05) is 10.3 Å². The maximum atomic E-state index is 13.1. The fraction of sp³-hybridized carbons (Fsp3) is 0.348. The van der Waals surface area contributed by atoms with Crippen LogP contribution in [0.15, 0.2) is 28.7 Å².